The van der Waals surface area contributed by atoms with Gasteiger partial charge in [-0.15, -0.1) is 0 Å². The van der Waals surface area contributed by atoms with Crippen LogP contribution in [0.3, 0.4) is 0 Å². The zero-order valence-corrected chi connectivity index (χ0v) is 11.9. The molecule has 2 N–H and O–H groups in total. The summed E-state index contributed by atoms with van der Waals surface area (Å²) < 4.78 is 1.36. The SMILES string of the molecule is O=C(CNc1nc2sccn2c1[N+](=O)[O-])Nc1ccccn1. The summed E-state index contributed by atoms with van der Waals surface area (Å²) >= 11 is 1.27. The first kappa shape index (κ1) is 13.9. The molecular formula is C12H10N6O3S. The van der Waals surface area contributed by atoms with Crippen LogP contribution in [0.5, 0.6) is 0 Å². The fourth-order valence-corrected chi connectivity index (χ4v) is 2.56. The summed E-state index contributed by atoms with van der Waals surface area (Å²) in [6.45, 7) is -0.151. The number of anilines is 2. The van der Waals surface area contributed by atoms with E-state index in [9.17, 15) is 14.9 Å². The van der Waals surface area contributed by atoms with Crippen molar-refractivity contribution in [2.45, 2.75) is 0 Å². The van der Waals surface area contributed by atoms with E-state index in [2.05, 4.69) is 20.6 Å². The average Bonchev–Trinajstić information content (AvgIpc) is 3.05. The van der Waals surface area contributed by atoms with Crippen molar-refractivity contribution in [2.24, 2.45) is 0 Å². The van der Waals surface area contributed by atoms with Crippen molar-refractivity contribution in [1.29, 1.82) is 0 Å². The monoisotopic (exact) mass is 318 g/mol. The molecule has 0 bridgehead atoms. The van der Waals surface area contributed by atoms with Gasteiger partial charge >= 0.3 is 5.82 Å². The summed E-state index contributed by atoms with van der Waals surface area (Å²) in [6, 6.07) is 5.12. The van der Waals surface area contributed by atoms with E-state index in [1.165, 1.54) is 15.7 Å². The van der Waals surface area contributed by atoms with Gasteiger partial charge in [0.15, 0.2) is 0 Å². The van der Waals surface area contributed by atoms with Crippen LogP contribution in [0.1, 0.15) is 0 Å². The number of aromatic nitrogens is 3. The Labute approximate surface area is 127 Å². The third kappa shape index (κ3) is 2.72. The van der Waals surface area contributed by atoms with Crippen LogP contribution in [0.25, 0.3) is 4.96 Å². The second-order valence-corrected chi connectivity index (χ2v) is 5.09. The molecule has 3 aromatic rings. The Morgan fingerprint density at radius 3 is 3.05 bits per heavy atom. The predicted octanol–water partition coefficient (Wildman–Crippen LogP) is 1.75. The van der Waals surface area contributed by atoms with Crippen LogP contribution in [0.15, 0.2) is 36.0 Å². The molecule has 0 spiro atoms. The number of carbonyl (C=O) groups excluding carboxylic acids is 1. The third-order valence-corrected chi connectivity index (χ3v) is 3.52. The van der Waals surface area contributed by atoms with Crippen LogP contribution in [-0.4, -0.2) is 31.7 Å². The Kier molecular flexibility index (Phi) is 3.66. The van der Waals surface area contributed by atoms with Crippen LogP contribution in [0, 0.1) is 10.1 Å². The standard InChI is InChI=1S/C12H10N6O3S/c19-9(15-8-3-1-2-4-13-8)7-14-10-11(18(20)21)17-5-6-22-12(17)16-10/h1-6,14H,7H2,(H,13,15,19). The van der Waals surface area contributed by atoms with E-state index in [1.807, 2.05) is 0 Å². The number of pyridine rings is 1. The lowest BCUT2D eigenvalue weighted by molar-refractivity contribution is -0.389. The molecule has 3 rings (SSSR count). The third-order valence-electron chi connectivity index (χ3n) is 2.76. The molecule has 0 fully saturated rings. The second kappa shape index (κ2) is 5.77. The van der Waals surface area contributed by atoms with E-state index >= 15 is 0 Å². The van der Waals surface area contributed by atoms with Gasteiger partial charge in [-0.05, 0) is 17.1 Å². The highest BCUT2D eigenvalue weighted by Crippen LogP contribution is 2.27. The van der Waals surface area contributed by atoms with Crippen LogP contribution in [0.4, 0.5) is 17.5 Å². The summed E-state index contributed by atoms with van der Waals surface area (Å²) in [5, 5.41) is 18.1. The van der Waals surface area contributed by atoms with E-state index in [0.29, 0.717) is 10.8 Å². The lowest BCUT2D eigenvalue weighted by atomic mass is 10.4. The van der Waals surface area contributed by atoms with Crippen molar-refractivity contribution in [2.75, 3.05) is 17.2 Å². The molecule has 10 heteroatoms. The smallest absolute Gasteiger partial charge is 0.358 e. The van der Waals surface area contributed by atoms with Gasteiger partial charge in [-0.3, -0.25) is 4.79 Å². The minimum atomic E-state index is -0.536. The molecule has 0 aliphatic heterocycles. The molecule has 0 radical (unpaired) electrons. The summed E-state index contributed by atoms with van der Waals surface area (Å²) in [7, 11) is 0. The number of thiazole rings is 1. The van der Waals surface area contributed by atoms with Gasteiger partial charge in [-0.1, -0.05) is 17.4 Å². The zero-order valence-electron chi connectivity index (χ0n) is 11.1. The fraction of sp³-hybridized carbons (Fsp3) is 0.0833. The topological polar surface area (TPSA) is 114 Å². The number of fused-ring (bicyclic) bond motifs is 1. The number of nitrogens with one attached hydrogen (secondary N) is 2. The van der Waals surface area contributed by atoms with Gasteiger partial charge in [0.05, 0.1) is 6.54 Å². The number of hydrogen-bond acceptors (Lipinski definition) is 7. The average molecular weight is 318 g/mol. The maximum absolute atomic E-state index is 11.8. The number of carbonyl (C=O) groups is 1. The first-order chi connectivity index (χ1) is 10.6. The van der Waals surface area contributed by atoms with Gasteiger partial charge < -0.3 is 20.7 Å². The highest BCUT2D eigenvalue weighted by atomic mass is 32.1. The highest BCUT2D eigenvalue weighted by Gasteiger charge is 2.23. The molecule has 9 nitrogen and oxygen atoms in total. The van der Waals surface area contributed by atoms with E-state index < -0.39 is 4.92 Å². The number of nitro groups is 1. The quantitative estimate of drug-likeness (QED) is 0.547. The Balaban J connectivity index is 1.71. The van der Waals surface area contributed by atoms with E-state index in [4.69, 9.17) is 0 Å². The lowest BCUT2D eigenvalue weighted by Crippen LogP contribution is -2.22. The van der Waals surface area contributed by atoms with Gasteiger partial charge in [0.1, 0.15) is 12.0 Å². The Morgan fingerprint density at radius 1 is 1.45 bits per heavy atom. The number of nitrogens with zero attached hydrogens (tertiary/aromatic N) is 4. The van der Waals surface area contributed by atoms with Crippen LogP contribution >= 0.6 is 11.3 Å². The van der Waals surface area contributed by atoms with E-state index in [1.54, 1.807) is 36.0 Å². The molecule has 0 aromatic carbocycles. The minimum absolute atomic E-state index is 0.0630. The molecule has 0 aliphatic carbocycles. The fourth-order valence-electron chi connectivity index (χ4n) is 1.85. The molecule has 0 saturated carbocycles. The maximum atomic E-state index is 11.8. The Bertz CT molecular complexity index is 828. The molecule has 22 heavy (non-hydrogen) atoms. The van der Waals surface area contributed by atoms with Gasteiger partial charge in [-0.2, -0.15) is 9.38 Å². The van der Waals surface area contributed by atoms with Crippen molar-refractivity contribution >= 4 is 39.7 Å². The number of hydrogen-bond donors (Lipinski definition) is 2. The Morgan fingerprint density at radius 2 is 2.32 bits per heavy atom. The summed E-state index contributed by atoms with van der Waals surface area (Å²) in [5.41, 5.74) is 0. The number of rotatable bonds is 5. The summed E-state index contributed by atoms with van der Waals surface area (Å²) in [5.74, 6) is -0.0890. The van der Waals surface area contributed by atoms with Gasteiger partial charge in [0.2, 0.25) is 11.7 Å². The van der Waals surface area contributed by atoms with Gasteiger partial charge in [0, 0.05) is 11.6 Å². The lowest BCUT2D eigenvalue weighted by Gasteiger charge is -2.05. The van der Waals surface area contributed by atoms with Crippen LogP contribution in [0.2, 0.25) is 0 Å². The molecule has 3 heterocycles. The number of amides is 1. The van der Waals surface area contributed by atoms with Crippen LogP contribution in [-0.2, 0) is 4.79 Å². The molecule has 112 valence electrons. The zero-order chi connectivity index (χ0) is 15.5. The van der Waals surface area contributed by atoms with Crippen molar-refractivity contribution in [3.05, 3.63) is 46.1 Å². The van der Waals surface area contributed by atoms with Gasteiger partial charge in [0.25, 0.3) is 4.96 Å². The Hall–Kier alpha value is -3.01. The summed E-state index contributed by atoms with van der Waals surface area (Å²) in [4.78, 5) is 30.9. The number of imidazole rings is 1. The normalized spacial score (nSPS) is 10.5. The maximum Gasteiger partial charge on any atom is 0.372 e. The molecule has 3 aromatic heterocycles. The second-order valence-electron chi connectivity index (χ2n) is 4.21. The summed E-state index contributed by atoms with van der Waals surface area (Å²) in [6.07, 6.45) is 3.11. The molecule has 0 aliphatic rings. The van der Waals surface area contributed by atoms with E-state index in [0.717, 1.165) is 0 Å². The highest BCUT2D eigenvalue weighted by molar-refractivity contribution is 7.15. The van der Waals surface area contributed by atoms with Crippen molar-refractivity contribution in [3.8, 4) is 0 Å². The predicted molar refractivity (Wildman–Crippen MR) is 81.1 cm³/mol. The first-order valence-electron chi connectivity index (χ1n) is 6.20. The van der Waals surface area contributed by atoms with Gasteiger partial charge in [-0.25, -0.2) is 4.98 Å². The molecular weight excluding hydrogens is 308 g/mol. The molecule has 0 saturated heterocycles. The largest absolute Gasteiger partial charge is 0.372 e. The van der Waals surface area contributed by atoms with E-state index in [-0.39, 0.29) is 24.1 Å². The van der Waals surface area contributed by atoms with Crippen molar-refractivity contribution in [3.63, 3.8) is 0 Å². The van der Waals surface area contributed by atoms with Crippen molar-refractivity contribution in [1.82, 2.24) is 14.4 Å². The molecule has 0 unspecified atom stereocenters. The minimum Gasteiger partial charge on any atom is -0.358 e. The first-order valence-corrected chi connectivity index (χ1v) is 7.08. The van der Waals surface area contributed by atoms with Crippen LogP contribution < -0.4 is 10.6 Å². The molecule has 1 amide bonds. The molecule has 0 atom stereocenters. The van der Waals surface area contributed by atoms with Crippen molar-refractivity contribution < 1.29 is 9.72 Å².